The van der Waals surface area contributed by atoms with Gasteiger partial charge < -0.3 is 15.0 Å². The van der Waals surface area contributed by atoms with Gasteiger partial charge in [-0.1, -0.05) is 0 Å². The number of nitrogens with one attached hydrogen (secondary N) is 3. The first-order valence-corrected chi connectivity index (χ1v) is 19.9. The number of nitrogens with zero attached hydrogens (tertiary/aromatic N) is 1. The molecule has 0 saturated carbocycles. The van der Waals surface area contributed by atoms with Crippen LogP contribution in [0.4, 0.5) is 65.9 Å². The van der Waals surface area contributed by atoms with Crippen LogP contribution in [0, 0.1) is 87.3 Å². The molecule has 0 spiro atoms. The summed E-state index contributed by atoms with van der Waals surface area (Å²) < 4.78 is 299. The second-order valence-corrected chi connectivity index (χ2v) is 16.3. The molecule has 0 radical (unpaired) electrons. The number of aromatic nitrogens is 4. The molecule has 0 amide bonds. The zero-order valence-corrected chi connectivity index (χ0v) is 33.2. The van der Waals surface area contributed by atoms with E-state index in [0.717, 1.165) is 0 Å². The molecule has 2 aliphatic heterocycles. The van der Waals surface area contributed by atoms with Crippen LogP contribution in [-0.4, -0.2) is 45.9 Å². The maximum atomic E-state index is 15.8. The Morgan fingerprint density at radius 2 is 0.708 bits per heavy atom. The molecule has 6 aromatic rings. The van der Waals surface area contributed by atoms with Gasteiger partial charge >= 0.3 is 16.8 Å². The number of hydrogen-bond acceptors (Lipinski definition) is 5. The van der Waals surface area contributed by atoms with Gasteiger partial charge in [0.15, 0.2) is 69.8 Å². The summed E-state index contributed by atoms with van der Waals surface area (Å²) in [4.78, 5) is 7.14. The summed E-state index contributed by atoms with van der Waals surface area (Å²) in [5, 5.41) is 0. The smallest absolute Gasteiger partial charge is 0.361 e. The van der Waals surface area contributed by atoms with Crippen molar-refractivity contribution in [3.05, 3.63) is 122 Å². The predicted octanol–water partition coefficient (Wildman–Crippen LogP) is 9.78. The van der Waals surface area contributed by atoms with Crippen molar-refractivity contribution in [1.82, 2.24) is 19.9 Å². The summed E-state index contributed by atoms with van der Waals surface area (Å²) in [5.41, 5.74) is -18.8. The fourth-order valence-electron chi connectivity index (χ4n) is 7.24. The zero-order chi connectivity index (χ0) is 47.0. The van der Waals surface area contributed by atoms with Crippen LogP contribution in [0.25, 0.3) is 67.6 Å². The molecule has 0 unspecified atom stereocenters. The standard InChI is InChI=1S/C37H13F15N4O6S2.Co/c38-21-18(22(39)28(45)33(50)27(21)44)15-7-1-2-9(53-7)16(19-23(40)29(46)34(51)30(47)24(19)41)11-5-13(63(57,58)59)36(55-11)12-6-14(64(60,61)62)37(56-12)17(10-4-3-8(15)54-10)20-25(42)31(48)35(52)32(49)26(20)43;/h1-2,5-6,54-56H,3-4H2,(H,57,58,59)(H,60,61,62);/q;+3. The van der Waals surface area contributed by atoms with E-state index in [1.807, 2.05) is 0 Å². The Balaban J connectivity index is 0.00000630. The minimum atomic E-state index is -5.89. The first-order valence-electron chi connectivity index (χ1n) is 17.0. The summed E-state index contributed by atoms with van der Waals surface area (Å²) in [5.74, 6) is -40.2. The van der Waals surface area contributed by atoms with Crippen LogP contribution in [0.2, 0.25) is 0 Å². The van der Waals surface area contributed by atoms with Crippen LogP contribution < -0.4 is 0 Å². The molecule has 2 aliphatic rings. The third-order valence-corrected chi connectivity index (χ3v) is 11.7. The zero-order valence-electron chi connectivity index (χ0n) is 30.5. The van der Waals surface area contributed by atoms with E-state index in [9.17, 15) is 65.5 Å². The quantitative estimate of drug-likeness (QED) is 0.0495. The number of halogens is 15. The van der Waals surface area contributed by atoms with E-state index in [1.165, 1.54) is 0 Å². The van der Waals surface area contributed by atoms with Crippen LogP contribution in [-0.2, 0) is 49.9 Å². The largest absolute Gasteiger partial charge is 3.00 e. The van der Waals surface area contributed by atoms with Crippen LogP contribution in [0.5, 0.6) is 0 Å². The third-order valence-electron chi connectivity index (χ3n) is 9.97. The van der Waals surface area contributed by atoms with E-state index in [2.05, 4.69) is 19.9 Å². The number of benzene rings is 3. The van der Waals surface area contributed by atoms with Crippen molar-refractivity contribution < 1.29 is 109 Å². The topological polar surface area (TPSA) is 169 Å². The number of fused-ring (bicyclic) bond motifs is 9. The molecule has 8 rings (SSSR count). The molecule has 8 bridgehead atoms. The molecule has 0 saturated heterocycles. The van der Waals surface area contributed by atoms with Gasteiger partial charge in [0, 0.05) is 28.1 Å². The van der Waals surface area contributed by atoms with Gasteiger partial charge in [0.1, 0.15) is 9.79 Å². The Morgan fingerprint density at radius 1 is 0.400 bits per heavy atom. The van der Waals surface area contributed by atoms with E-state index in [4.69, 9.17) is 0 Å². The van der Waals surface area contributed by atoms with Crippen molar-refractivity contribution in [3.63, 3.8) is 0 Å². The Bertz CT molecular complexity index is 3510. The Labute approximate surface area is 360 Å². The van der Waals surface area contributed by atoms with Crippen molar-refractivity contribution >= 4 is 54.5 Å². The number of H-pyrrole nitrogens is 3. The van der Waals surface area contributed by atoms with Gasteiger partial charge in [-0.15, -0.1) is 0 Å². The first kappa shape index (κ1) is 46.9. The molecule has 28 heteroatoms. The minimum absolute atomic E-state index is 0. The fourth-order valence-corrected chi connectivity index (χ4v) is 8.60. The minimum Gasteiger partial charge on any atom is -0.361 e. The SMILES string of the molecule is O=S(=O)(O)c1cc2[nH]c1c(-c1c(F)c(F)c(F)c(F)c1F)c1[nH]c(c(-c3c(F)c(F)c(F)c(F)c3F)c3nc(c(-c4c(F)c(F)c(F)c(F)c4F)c4cc(S(=O)(=O)O)c2[nH]4)C=C3)CC1.[Co+3]. The molecule has 5 heterocycles. The average molecular weight is 1020 g/mol. The molecule has 5 N–H and O–H groups in total. The summed E-state index contributed by atoms with van der Waals surface area (Å²) in [6.45, 7) is 0. The summed E-state index contributed by atoms with van der Waals surface area (Å²) in [6.07, 6.45) is -0.633. The Morgan fingerprint density at radius 3 is 1.12 bits per heavy atom. The summed E-state index contributed by atoms with van der Waals surface area (Å²) >= 11 is 0. The van der Waals surface area contributed by atoms with Gasteiger partial charge in [-0.05, 0) is 37.1 Å². The molecule has 3 aromatic heterocycles. The maximum absolute atomic E-state index is 15.8. The maximum Gasteiger partial charge on any atom is 3.00 e. The van der Waals surface area contributed by atoms with Gasteiger partial charge in [0.25, 0.3) is 20.2 Å². The Hall–Kier alpha value is -6.07. The average Bonchev–Trinajstić information content (AvgIpc) is 4.07. The molecule has 0 aliphatic carbocycles. The first-order chi connectivity index (χ1) is 29.8. The molecule has 3 aromatic carbocycles. The van der Waals surface area contributed by atoms with Crippen molar-refractivity contribution in [2.75, 3.05) is 0 Å². The van der Waals surface area contributed by atoms with Crippen molar-refractivity contribution in [1.29, 1.82) is 0 Å². The van der Waals surface area contributed by atoms with Crippen LogP contribution in [0.1, 0.15) is 22.8 Å². The second kappa shape index (κ2) is 15.8. The number of aromatic amines is 3. The normalized spacial score (nSPS) is 12.9. The van der Waals surface area contributed by atoms with Gasteiger partial charge in [-0.3, -0.25) is 9.11 Å². The third kappa shape index (κ3) is 7.08. The van der Waals surface area contributed by atoms with Gasteiger partial charge in [-0.2, -0.15) is 16.8 Å². The predicted molar refractivity (Wildman–Crippen MR) is 189 cm³/mol. The number of rotatable bonds is 5. The molecule has 0 atom stereocenters. The van der Waals surface area contributed by atoms with E-state index in [1.54, 1.807) is 0 Å². The van der Waals surface area contributed by atoms with Crippen LogP contribution in [0.3, 0.4) is 0 Å². The van der Waals surface area contributed by atoms with E-state index in [-0.39, 0.29) is 28.9 Å². The number of aryl methyl sites for hydroxylation is 2. The van der Waals surface area contributed by atoms with Crippen molar-refractivity contribution in [2.24, 2.45) is 0 Å². The summed E-state index contributed by atoms with van der Waals surface area (Å²) in [7, 11) is -11.7. The van der Waals surface area contributed by atoms with E-state index in [0.29, 0.717) is 12.2 Å². The van der Waals surface area contributed by atoms with Crippen LogP contribution in [0.15, 0.2) is 21.9 Å². The van der Waals surface area contributed by atoms with Gasteiger partial charge in [0.2, 0.25) is 17.5 Å². The second-order valence-electron chi connectivity index (χ2n) is 13.6. The summed E-state index contributed by atoms with van der Waals surface area (Å²) in [6, 6.07) is 0.403. The van der Waals surface area contributed by atoms with Crippen molar-refractivity contribution in [2.45, 2.75) is 22.6 Å². The molecule has 0 fully saturated rings. The van der Waals surface area contributed by atoms with Crippen molar-refractivity contribution in [3.8, 4) is 33.4 Å². The molecule has 10 nitrogen and oxygen atoms in total. The Kier molecular flexibility index (Phi) is 11.4. The van der Waals surface area contributed by atoms with Crippen LogP contribution >= 0.6 is 0 Å². The van der Waals surface area contributed by atoms with E-state index >= 15 is 26.3 Å². The molecule has 65 heavy (non-hydrogen) atoms. The van der Waals surface area contributed by atoms with E-state index < -0.39 is 208 Å². The molecule has 340 valence electrons. The van der Waals surface area contributed by atoms with Gasteiger partial charge in [0.05, 0.1) is 50.1 Å². The molecular weight excluding hydrogens is 1000 g/mol. The monoisotopic (exact) mass is 1020 g/mol. The fraction of sp³-hybridized carbons (Fsp3) is 0.0541. The number of hydrogen-bond donors (Lipinski definition) is 5. The molecular formula is C37H13CoF15N4O6S2+3. The van der Waals surface area contributed by atoms with Gasteiger partial charge in [-0.25, -0.2) is 70.8 Å².